The summed E-state index contributed by atoms with van der Waals surface area (Å²) < 4.78 is 0. The molecule has 2 amide bonds. The zero-order valence-corrected chi connectivity index (χ0v) is 29.5. The van der Waals surface area contributed by atoms with E-state index in [1.54, 1.807) is 0 Å². The molecule has 2 aromatic rings. The Morgan fingerprint density at radius 2 is 1.54 bits per heavy atom. The second kappa shape index (κ2) is 11.7. The zero-order valence-electron chi connectivity index (χ0n) is 29.5. The van der Waals surface area contributed by atoms with Crippen molar-refractivity contribution in [3.8, 4) is 11.1 Å². The molecule has 8 unspecified atom stereocenters. The van der Waals surface area contributed by atoms with Crippen molar-refractivity contribution in [3.05, 3.63) is 84.0 Å². The van der Waals surface area contributed by atoms with Crippen LogP contribution in [0.4, 0.5) is 4.79 Å². The number of ketones is 1. The molecule has 8 atom stereocenters. The van der Waals surface area contributed by atoms with Crippen LogP contribution in [0.25, 0.3) is 11.1 Å². The minimum Gasteiger partial charge on any atom is -0.393 e. The first-order valence-corrected chi connectivity index (χ1v) is 18.4. The number of fused-ring (bicyclic) bond motifs is 1. The van der Waals surface area contributed by atoms with Gasteiger partial charge in [0.15, 0.2) is 5.78 Å². The van der Waals surface area contributed by atoms with Crippen molar-refractivity contribution in [3.63, 3.8) is 0 Å². The van der Waals surface area contributed by atoms with Gasteiger partial charge in [-0.2, -0.15) is 0 Å². The summed E-state index contributed by atoms with van der Waals surface area (Å²) in [5, 5.41) is 26.8. The molecule has 2 aromatic carbocycles. The Morgan fingerprint density at radius 1 is 0.896 bits per heavy atom. The smallest absolute Gasteiger partial charge is 0.317 e. The number of allylic oxidation sites excluding steroid dienone is 4. The summed E-state index contributed by atoms with van der Waals surface area (Å²) in [6.07, 6.45) is 12.9. The number of carbonyl (C=O) groups excluding carboxylic acids is 2. The van der Waals surface area contributed by atoms with Gasteiger partial charge in [0.1, 0.15) is 0 Å². The summed E-state index contributed by atoms with van der Waals surface area (Å²) in [5.74, 6) is 0.336. The van der Waals surface area contributed by atoms with Crippen LogP contribution in [0.5, 0.6) is 0 Å². The van der Waals surface area contributed by atoms with Gasteiger partial charge in [-0.05, 0) is 93.6 Å². The van der Waals surface area contributed by atoms with Crippen molar-refractivity contribution >= 4 is 11.8 Å². The molecule has 6 aliphatic carbocycles. The van der Waals surface area contributed by atoms with Gasteiger partial charge in [-0.25, -0.2) is 4.79 Å². The summed E-state index contributed by atoms with van der Waals surface area (Å²) in [5.41, 5.74) is 1.19. The summed E-state index contributed by atoms with van der Waals surface area (Å²) >= 11 is 0. The first-order valence-electron chi connectivity index (χ1n) is 18.4. The van der Waals surface area contributed by atoms with Gasteiger partial charge in [0, 0.05) is 40.0 Å². The number of nitrogens with one attached hydrogen (secondary N) is 1. The van der Waals surface area contributed by atoms with Crippen LogP contribution in [0, 0.1) is 33.5 Å². The maximum Gasteiger partial charge on any atom is 0.317 e. The van der Waals surface area contributed by atoms with Gasteiger partial charge in [-0.1, -0.05) is 93.6 Å². The maximum absolute atomic E-state index is 15.0. The predicted molar refractivity (Wildman–Crippen MR) is 190 cm³/mol. The Bertz CT molecular complexity index is 1630. The molecule has 48 heavy (non-hydrogen) atoms. The minimum absolute atomic E-state index is 0.0119. The van der Waals surface area contributed by atoms with Crippen LogP contribution >= 0.6 is 0 Å². The lowest BCUT2D eigenvalue weighted by Crippen LogP contribution is -2.67. The molecule has 6 aliphatic rings. The van der Waals surface area contributed by atoms with Gasteiger partial charge in [0.25, 0.3) is 0 Å². The Kier molecular flexibility index (Phi) is 8.11. The normalized spacial score (nSPS) is 37.8. The number of benzene rings is 2. The summed E-state index contributed by atoms with van der Waals surface area (Å²) in [4.78, 5) is 30.1. The van der Waals surface area contributed by atoms with Crippen LogP contribution in [0.3, 0.4) is 0 Å². The van der Waals surface area contributed by atoms with E-state index >= 15 is 0 Å². The lowest BCUT2D eigenvalue weighted by molar-refractivity contribution is -0.174. The molecule has 0 radical (unpaired) electrons. The van der Waals surface area contributed by atoms with Crippen molar-refractivity contribution in [1.82, 2.24) is 10.2 Å². The van der Waals surface area contributed by atoms with E-state index in [0.29, 0.717) is 24.9 Å². The highest BCUT2D eigenvalue weighted by Gasteiger charge is 2.74. The maximum atomic E-state index is 15.0. The first-order chi connectivity index (χ1) is 22.8. The highest BCUT2D eigenvalue weighted by Crippen LogP contribution is 2.78. The van der Waals surface area contributed by atoms with Gasteiger partial charge in [-0.15, -0.1) is 0 Å². The van der Waals surface area contributed by atoms with E-state index in [0.717, 1.165) is 55.2 Å². The number of Topliss-reactive ketones (excluding diaryl/α,β-unsaturated/α-hetero) is 1. The number of nitrogens with zero attached hydrogens (tertiary/aromatic N) is 1. The van der Waals surface area contributed by atoms with Crippen molar-refractivity contribution in [2.75, 3.05) is 13.1 Å². The Balaban J connectivity index is 1.30. The van der Waals surface area contributed by atoms with Crippen molar-refractivity contribution in [1.29, 1.82) is 0 Å². The van der Waals surface area contributed by atoms with E-state index in [-0.39, 0.29) is 47.1 Å². The van der Waals surface area contributed by atoms with E-state index in [4.69, 9.17) is 0 Å². The number of aliphatic hydroxyl groups excluding tert-OH is 1. The van der Waals surface area contributed by atoms with Crippen molar-refractivity contribution in [2.45, 2.75) is 104 Å². The van der Waals surface area contributed by atoms with E-state index in [2.05, 4.69) is 56.4 Å². The second-order valence-corrected chi connectivity index (χ2v) is 16.6. The molecule has 2 spiro atoms. The molecule has 0 saturated heterocycles. The van der Waals surface area contributed by atoms with E-state index in [1.807, 2.05) is 61.2 Å². The molecule has 2 bridgehead atoms. The van der Waals surface area contributed by atoms with E-state index in [9.17, 15) is 19.8 Å². The van der Waals surface area contributed by atoms with Gasteiger partial charge in [0.2, 0.25) is 0 Å². The molecular formula is C42H54N2O4. The van der Waals surface area contributed by atoms with Gasteiger partial charge in [-0.3, -0.25) is 4.79 Å². The molecule has 256 valence electrons. The molecule has 6 nitrogen and oxygen atoms in total. The standard InChI is InChI=1S/C42H54N2O4/c1-6-24-44(37(47)43-28(2)3)27-41(48)21-18-35-39(41,5)20-17-34-38(4)19-16-32(45)25-40(38)22-23-42(34,35)33(26-40)36(46)31-14-12-30(13-15-31)29-10-8-7-9-11-29/h7-15,22-23,26,28,32,34-35,45,48H,6,16-21,24-25,27H2,1-5H3,(H,43,47). The van der Waals surface area contributed by atoms with Gasteiger partial charge >= 0.3 is 6.03 Å². The molecule has 3 saturated carbocycles. The molecule has 0 heterocycles. The molecule has 3 N–H and O–H groups in total. The third-order valence-electron chi connectivity index (χ3n) is 13.9. The van der Waals surface area contributed by atoms with Crippen LogP contribution in [-0.2, 0) is 0 Å². The Morgan fingerprint density at radius 3 is 2.23 bits per heavy atom. The third kappa shape index (κ3) is 4.72. The number of amides is 2. The van der Waals surface area contributed by atoms with Crippen molar-refractivity contribution in [2.24, 2.45) is 33.5 Å². The summed E-state index contributed by atoms with van der Waals surface area (Å²) in [7, 11) is 0. The van der Waals surface area contributed by atoms with Crippen LogP contribution in [0.1, 0.15) is 96.3 Å². The molecule has 8 rings (SSSR count). The molecule has 6 heteroatoms. The molecule has 0 aliphatic heterocycles. The average Bonchev–Trinajstić information content (AvgIpc) is 3.34. The number of hydrogen-bond acceptors (Lipinski definition) is 4. The quantitative estimate of drug-likeness (QED) is 0.200. The first kappa shape index (κ1) is 33.3. The van der Waals surface area contributed by atoms with Gasteiger partial charge in [0.05, 0.1) is 18.2 Å². The zero-order chi connectivity index (χ0) is 34.1. The highest BCUT2D eigenvalue weighted by molar-refractivity contribution is 6.10. The number of rotatable bonds is 8. The van der Waals surface area contributed by atoms with Crippen LogP contribution in [0.15, 0.2) is 78.4 Å². The van der Waals surface area contributed by atoms with E-state index < -0.39 is 22.5 Å². The molecular weight excluding hydrogens is 596 g/mol. The SMILES string of the molecule is CCCN(CC1(O)CCC2C34C=CC5(C=C3C(=O)c3ccc(-c6ccccc6)cc3)CC(O)CCC5(C)C4CCC21C)C(=O)NC(C)C. The fraction of sp³-hybridized carbons (Fsp3) is 0.571. The Hall–Kier alpha value is -3.22. The van der Waals surface area contributed by atoms with Crippen LogP contribution < -0.4 is 5.32 Å². The predicted octanol–water partition coefficient (Wildman–Crippen LogP) is 7.96. The number of urea groups is 1. The minimum atomic E-state index is -1.07. The summed E-state index contributed by atoms with van der Waals surface area (Å²) in [6, 6.07) is 18.2. The molecule has 0 aromatic heterocycles. The lowest BCUT2D eigenvalue weighted by Gasteiger charge is -2.71. The molecule has 3 fully saturated rings. The average molecular weight is 651 g/mol. The van der Waals surface area contributed by atoms with Gasteiger partial charge < -0.3 is 20.4 Å². The third-order valence-corrected chi connectivity index (χ3v) is 13.9. The number of hydrogen-bond donors (Lipinski definition) is 3. The van der Waals surface area contributed by atoms with Crippen molar-refractivity contribution < 1.29 is 19.8 Å². The Labute approximate surface area is 286 Å². The van der Waals surface area contributed by atoms with E-state index in [1.165, 1.54) is 0 Å². The highest BCUT2D eigenvalue weighted by atomic mass is 16.3. The topological polar surface area (TPSA) is 89.9 Å². The van der Waals surface area contributed by atoms with Crippen LogP contribution in [0.2, 0.25) is 0 Å². The second-order valence-electron chi connectivity index (χ2n) is 16.6. The summed E-state index contributed by atoms with van der Waals surface area (Å²) in [6.45, 7) is 11.5. The monoisotopic (exact) mass is 650 g/mol. The fourth-order valence-electron chi connectivity index (χ4n) is 11.4. The van der Waals surface area contributed by atoms with Crippen LogP contribution in [-0.4, -0.2) is 57.8 Å². The number of carbonyl (C=O) groups is 2. The number of aliphatic hydroxyl groups is 2. The fourth-order valence-corrected chi connectivity index (χ4v) is 11.4. The largest absolute Gasteiger partial charge is 0.393 e. The lowest BCUT2D eigenvalue weighted by atomic mass is 9.32.